The molecular weight excluding hydrogens is 274 g/mol. The standard InChI is InChI=1S/C7H5BrClN3S/c8-5-1-2-12(11-5)4-7-10-3-6(9)13-7/h1-3H,4H2. The van der Waals surface area contributed by atoms with Crippen LogP contribution in [0.2, 0.25) is 4.34 Å². The van der Waals surface area contributed by atoms with Gasteiger partial charge in [0.15, 0.2) is 0 Å². The minimum Gasteiger partial charge on any atom is -0.265 e. The lowest BCUT2D eigenvalue weighted by atomic mass is 10.6. The molecule has 0 radical (unpaired) electrons. The van der Waals surface area contributed by atoms with Crippen molar-refractivity contribution in [3.63, 3.8) is 0 Å². The molecule has 0 atom stereocenters. The van der Waals surface area contributed by atoms with Gasteiger partial charge >= 0.3 is 0 Å². The van der Waals surface area contributed by atoms with Crippen molar-refractivity contribution in [3.8, 4) is 0 Å². The third-order valence-corrected chi connectivity index (χ3v) is 2.95. The lowest BCUT2D eigenvalue weighted by Gasteiger charge is -1.94. The van der Waals surface area contributed by atoms with Crippen molar-refractivity contribution in [1.29, 1.82) is 0 Å². The Morgan fingerprint density at radius 3 is 3.00 bits per heavy atom. The number of halogens is 2. The molecular formula is C7H5BrClN3S. The second-order valence-electron chi connectivity index (χ2n) is 2.39. The van der Waals surface area contributed by atoms with Gasteiger partial charge in [0.2, 0.25) is 0 Å². The molecule has 0 fully saturated rings. The molecule has 0 unspecified atom stereocenters. The summed E-state index contributed by atoms with van der Waals surface area (Å²) in [4.78, 5) is 4.13. The first kappa shape index (κ1) is 9.18. The largest absolute Gasteiger partial charge is 0.265 e. The molecule has 0 amide bonds. The lowest BCUT2D eigenvalue weighted by molar-refractivity contribution is 0.678. The van der Waals surface area contributed by atoms with Gasteiger partial charge in [-0.15, -0.1) is 11.3 Å². The van der Waals surface area contributed by atoms with Crippen LogP contribution in [0, 0.1) is 0 Å². The van der Waals surface area contributed by atoms with Gasteiger partial charge in [-0.05, 0) is 22.0 Å². The summed E-state index contributed by atoms with van der Waals surface area (Å²) < 4.78 is 3.34. The highest BCUT2D eigenvalue weighted by atomic mass is 79.9. The molecule has 0 bridgehead atoms. The summed E-state index contributed by atoms with van der Waals surface area (Å²) >= 11 is 10.5. The summed E-state index contributed by atoms with van der Waals surface area (Å²) in [6.07, 6.45) is 3.54. The maximum atomic E-state index is 5.75. The third kappa shape index (κ3) is 2.30. The van der Waals surface area contributed by atoms with Gasteiger partial charge in [-0.3, -0.25) is 4.68 Å². The second-order valence-corrected chi connectivity index (χ2v) is 4.95. The highest BCUT2D eigenvalue weighted by molar-refractivity contribution is 9.10. The van der Waals surface area contributed by atoms with E-state index in [9.17, 15) is 0 Å². The Kier molecular flexibility index (Phi) is 2.66. The molecule has 2 heterocycles. The Morgan fingerprint density at radius 2 is 2.46 bits per heavy atom. The van der Waals surface area contributed by atoms with E-state index in [1.165, 1.54) is 11.3 Å². The highest BCUT2D eigenvalue weighted by Gasteiger charge is 2.01. The highest BCUT2D eigenvalue weighted by Crippen LogP contribution is 2.19. The molecule has 0 aliphatic heterocycles. The van der Waals surface area contributed by atoms with Crippen LogP contribution in [-0.4, -0.2) is 14.8 Å². The predicted octanol–water partition coefficient (Wildman–Crippen LogP) is 2.80. The minimum atomic E-state index is 0.670. The fraction of sp³-hybridized carbons (Fsp3) is 0.143. The monoisotopic (exact) mass is 277 g/mol. The van der Waals surface area contributed by atoms with Crippen LogP contribution in [0.1, 0.15) is 5.01 Å². The van der Waals surface area contributed by atoms with Crippen molar-refractivity contribution in [3.05, 3.63) is 32.4 Å². The molecule has 68 valence electrons. The second kappa shape index (κ2) is 3.77. The van der Waals surface area contributed by atoms with Crippen LogP contribution in [0.5, 0.6) is 0 Å². The molecule has 2 aromatic rings. The van der Waals surface area contributed by atoms with Crippen molar-refractivity contribution in [2.45, 2.75) is 6.54 Å². The molecule has 13 heavy (non-hydrogen) atoms. The van der Waals surface area contributed by atoms with E-state index in [0.29, 0.717) is 10.9 Å². The zero-order valence-corrected chi connectivity index (χ0v) is 9.60. The number of nitrogens with zero attached hydrogens (tertiary/aromatic N) is 3. The number of aromatic nitrogens is 3. The smallest absolute Gasteiger partial charge is 0.128 e. The number of hydrogen-bond donors (Lipinski definition) is 0. The van der Waals surface area contributed by atoms with E-state index in [4.69, 9.17) is 11.6 Å². The Bertz CT molecular complexity index is 373. The molecule has 0 saturated heterocycles. The van der Waals surface area contributed by atoms with Crippen molar-refractivity contribution in [2.24, 2.45) is 0 Å². The summed E-state index contributed by atoms with van der Waals surface area (Å²) in [5.74, 6) is 0. The van der Waals surface area contributed by atoms with Gasteiger partial charge in [0.1, 0.15) is 13.9 Å². The average Bonchev–Trinajstić information content (AvgIpc) is 2.62. The Balaban J connectivity index is 2.14. The van der Waals surface area contributed by atoms with Gasteiger partial charge in [-0.2, -0.15) is 5.10 Å². The fourth-order valence-corrected chi connectivity index (χ4v) is 2.20. The summed E-state index contributed by atoms with van der Waals surface area (Å²) in [7, 11) is 0. The number of thiazole rings is 1. The Labute approximate surface area is 92.5 Å². The lowest BCUT2D eigenvalue weighted by Crippen LogP contribution is -1.98. The van der Waals surface area contributed by atoms with Gasteiger partial charge in [-0.25, -0.2) is 4.98 Å². The van der Waals surface area contributed by atoms with Crippen LogP contribution in [0.25, 0.3) is 0 Å². The van der Waals surface area contributed by atoms with E-state index in [2.05, 4.69) is 26.0 Å². The van der Waals surface area contributed by atoms with Crippen LogP contribution in [0.15, 0.2) is 23.1 Å². The van der Waals surface area contributed by atoms with Gasteiger partial charge in [0, 0.05) is 6.20 Å². The maximum absolute atomic E-state index is 5.75. The summed E-state index contributed by atoms with van der Waals surface area (Å²) in [5, 5.41) is 5.13. The molecule has 0 aliphatic rings. The molecule has 6 heteroatoms. The Hall–Kier alpha value is -0.390. The Morgan fingerprint density at radius 1 is 1.62 bits per heavy atom. The van der Waals surface area contributed by atoms with Crippen molar-refractivity contribution < 1.29 is 0 Å². The molecule has 0 spiro atoms. The molecule has 3 nitrogen and oxygen atoms in total. The minimum absolute atomic E-state index is 0.670. The van der Waals surface area contributed by atoms with Crippen LogP contribution < -0.4 is 0 Å². The van der Waals surface area contributed by atoms with Crippen molar-refractivity contribution >= 4 is 38.9 Å². The number of hydrogen-bond acceptors (Lipinski definition) is 3. The van der Waals surface area contributed by atoms with Crippen LogP contribution in [0.4, 0.5) is 0 Å². The molecule has 2 aromatic heterocycles. The van der Waals surface area contributed by atoms with Gasteiger partial charge in [0.05, 0.1) is 12.7 Å². The van der Waals surface area contributed by atoms with E-state index in [-0.39, 0.29) is 0 Å². The van der Waals surface area contributed by atoms with Crippen LogP contribution >= 0.6 is 38.9 Å². The van der Waals surface area contributed by atoms with E-state index < -0.39 is 0 Å². The maximum Gasteiger partial charge on any atom is 0.128 e. The van der Waals surface area contributed by atoms with Gasteiger partial charge in [-0.1, -0.05) is 11.6 Å². The zero-order valence-electron chi connectivity index (χ0n) is 6.44. The topological polar surface area (TPSA) is 30.7 Å². The van der Waals surface area contributed by atoms with E-state index >= 15 is 0 Å². The first-order chi connectivity index (χ1) is 6.24. The van der Waals surface area contributed by atoms with Crippen molar-refractivity contribution in [1.82, 2.24) is 14.8 Å². The van der Waals surface area contributed by atoms with E-state index in [0.717, 1.165) is 9.61 Å². The van der Waals surface area contributed by atoms with Crippen LogP contribution in [-0.2, 0) is 6.54 Å². The van der Waals surface area contributed by atoms with Gasteiger partial charge < -0.3 is 0 Å². The van der Waals surface area contributed by atoms with E-state index in [1.807, 2.05) is 12.3 Å². The molecule has 0 N–H and O–H groups in total. The van der Waals surface area contributed by atoms with Crippen molar-refractivity contribution in [2.75, 3.05) is 0 Å². The molecule has 0 saturated carbocycles. The first-order valence-electron chi connectivity index (χ1n) is 3.53. The molecule has 2 rings (SSSR count). The first-order valence-corrected chi connectivity index (χ1v) is 5.52. The van der Waals surface area contributed by atoms with E-state index in [1.54, 1.807) is 10.9 Å². The number of rotatable bonds is 2. The third-order valence-electron chi connectivity index (χ3n) is 1.43. The molecule has 0 aliphatic carbocycles. The predicted molar refractivity (Wildman–Crippen MR) is 56.2 cm³/mol. The van der Waals surface area contributed by atoms with Crippen LogP contribution in [0.3, 0.4) is 0 Å². The zero-order chi connectivity index (χ0) is 9.26. The summed E-state index contributed by atoms with van der Waals surface area (Å²) in [5.41, 5.74) is 0. The fourth-order valence-electron chi connectivity index (χ4n) is 0.925. The molecule has 0 aromatic carbocycles. The van der Waals surface area contributed by atoms with Gasteiger partial charge in [0.25, 0.3) is 0 Å². The average molecular weight is 279 g/mol. The normalized spacial score (nSPS) is 10.6. The quantitative estimate of drug-likeness (QED) is 0.846. The SMILES string of the molecule is Clc1cnc(Cn2ccc(Br)n2)s1. The summed E-state index contributed by atoms with van der Waals surface area (Å²) in [6, 6.07) is 1.88. The summed E-state index contributed by atoms with van der Waals surface area (Å²) in [6.45, 7) is 0.670.